The number of methoxy groups -OCH3 is 1. The number of rotatable bonds is 5. The fraction of sp³-hybridized carbons (Fsp3) is 0.120. The highest BCUT2D eigenvalue weighted by Gasteiger charge is 2.47. The SMILES string of the molecule is COc1cccc2cc(C(=O)C3=C(O)C(=O)N(c4ccccc4O)C3c3ccc(C)o3)oc12. The van der Waals surface area contributed by atoms with Crippen molar-refractivity contribution in [1.82, 2.24) is 0 Å². The van der Waals surface area contributed by atoms with Gasteiger partial charge in [-0.15, -0.1) is 0 Å². The molecule has 1 atom stereocenters. The Hall–Kier alpha value is -4.46. The van der Waals surface area contributed by atoms with Gasteiger partial charge in [-0.3, -0.25) is 14.5 Å². The lowest BCUT2D eigenvalue weighted by atomic mass is 9.99. The number of aliphatic hydroxyl groups is 1. The Labute approximate surface area is 187 Å². The van der Waals surface area contributed by atoms with Gasteiger partial charge in [0.2, 0.25) is 5.78 Å². The molecule has 0 radical (unpaired) electrons. The number of para-hydroxylation sites is 3. The number of benzene rings is 2. The average Bonchev–Trinajstić information content (AvgIpc) is 3.50. The predicted octanol–water partition coefficient (Wildman–Crippen LogP) is 4.83. The van der Waals surface area contributed by atoms with Crippen molar-refractivity contribution in [3.8, 4) is 11.5 Å². The van der Waals surface area contributed by atoms with Crippen LogP contribution >= 0.6 is 0 Å². The van der Waals surface area contributed by atoms with E-state index in [1.165, 1.54) is 25.3 Å². The number of ether oxygens (including phenoxy) is 1. The molecule has 8 heteroatoms. The number of nitrogens with zero attached hydrogens (tertiary/aromatic N) is 1. The Balaban J connectivity index is 1.67. The smallest absolute Gasteiger partial charge is 0.294 e. The van der Waals surface area contributed by atoms with Crippen molar-refractivity contribution in [3.05, 3.63) is 89.3 Å². The van der Waals surface area contributed by atoms with Crippen molar-refractivity contribution in [2.75, 3.05) is 12.0 Å². The Bertz CT molecular complexity index is 1440. The van der Waals surface area contributed by atoms with Crippen LogP contribution in [0.2, 0.25) is 0 Å². The van der Waals surface area contributed by atoms with Crippen LogP contribution in [-0.2, 0) is 4.79 Å². The minimum Gasteiger partial charge on any atom is -0.506 e. The van der Waals surface area contributed by atoms with Crippen LogP contribution in [-0.4, -0.2) is 29.0 Å². The maximum absolute atomic E-state index is 13.6. The average molecular weight is 445 g/mol. The van der Waals surface area contributed by atoms with E-state index in [0.717, 1.165) is 4.90 Å². The van der Waals surface area contributed by atoms with E-state index in [2.05, 4.69) is 0 Å². The first-order valence-corrected chi connectivity index (χ1v) is 10.1. The molecule has 2 aromatic carbocycles. The van der Waals surface area contributed by atoms with E-state index >= 15 is 0 Å². The predicted molar refractivity (Wildman–Crippen MR) is 119 cm³/mol. The maximum atomic E-state index is 13.6. The molecule has 0 bridgehead atoms. The molecule has 0 aliphatic carbocycles. The van der Waals surface area contributed by atoms with Crippen molar-refractivity contribution in [2.45, 2.75) is 13.0 Å². The number of aryl methyl sites for hydroxylation is 1. The first-order chi connectivity index (χ1) is 15.9. The van der Waals surface area contributed by atoms with Crippen molar-refractivity contribution >= 4 is 28.3 Å². The molecule has 5 rings (SSSR count). The summed E-state index contributed by atoms with van der Waals surface area (Å²) >= 11 is 0. The quantitative estimate of drug-likeness (QED) is 0.423. The number of anilines is 1. The number of aliphatic hydroxyl groups excluding tert-OH is 1. The number of amides is 1. The number of phenols is 1. The normalized spacial score (nSPS) is 16.1. The van der Waals surface area contributed by atoms with Crippen LogP contribution in [0.15, 0.2) is 80.8 Å². The summed E-state index contributed by atoms with van der Waals surface area (Å²) in [6.45, 7) is 1.72. The summed E-state index contributed by atoms with van der Waals surface area (Å²) in [4.78, 5) is 27.9. The molecule has 1 amide bonds. The van der Waals surface area contributed by atoms with Crippen LogP contribution in [0.4, 0.5) is 5.69 Å². The summed E-state index contributed by atoms with van der Waals surface area (Å²) in [5.74, 6) is -1.27. The van der Waals surface area contributed by atoms with Crippen molar-refractivity contribution in [1.29, 1.82) is 0 Å². The van der Waals surface area contributed by atoms with E-state index < -0.39 is 23.5 Å². The van der Waals surface area contributed by atoms with Crippen LogP contribution in [0, 0.1) is 6.92 Å². The molecule has 166 valence electrons. The summed E-state index contributed by atoms with van der Waals surface area (Å²) in [7, 11) is 1.49. The van der Waals surface area contributed by atoms with Gasteiger partial charge in [0.1, 0.15) is 23.3 Å². The van der Waals surface area contributed by atoms with Crippen molar-refractivity contribution in [3.63, 3.8) is 0 Å². The Morgan fingerprint density at radius 3 is 2.52 bits per heavy atom. The van der Waals surface area contributed by atoms with Gasteiger partial charge in [0, 0.05) is 5.39 Å². The second-order valence-electron chi connectivity index (χ2n) is 7.60. The highest BCUT2D eigenvalue weighted by Crippen LogP contribution is 2.45. The number of Topliss-reactive ketones (excluding diaryl/α,β-unsaturated/α-hetero) is 1. The van der Waals surface area contributed by atoms with Crippen molar-refractivity contribution < 1.29 is 33.4 Å². The third-order valence-electron chi connectivity index (χ3n) is 5.58. The number of hydrogen-bond donors (Lipinski definition) is 2. The molecule has 1 aliphatic rings. The first kappa shape index (κ1) is 20.4. The first-order valence-electron chi connectivity index (χ1n) is 10.1. The summed E-state index contributed by atoms with van der Waals surface area (Å²) in [6, 6.07) is 15.1. The highest BCUT2D eigenvalue weighted by atomic mass is 16.5. The third kappa shape index (κ3) is 3.15. The topological polar surface area (TPSA) is 113 Å². The molecule has 1 unspecified atom stereocenters. The van der Waals surface area contributed by atoms with E-state index in [-0.39, 0.29) is 28.5 Å². The number of furan rings is 2. The summed E-state index contributed by atoms with van der Waals surface area (Å²) in [5, 5.41) is 21.8. The van der Waals surface area contributed by atoms with Crippen molar-refractivity contribution in [2.24, 2.45) is 0 Å². The zero-order valence-electron chi connectivity index (χ0n) is 17.7. The Kier molecular flexibility index (Phi) is 4.70. The fourth-order valence-corrected chi connectivity index (χ4v) is 4.06. The molecule has 0 saturated heterocycles. The largest absolute Gasteiger partial charge is 0.506 e. The van der Waals surface area contributed by atoms with E-state index in [1.54, 1.807) is 49.4 Å². The second-order valence-corrected chi connectivity index (χ2v) is 7.60. The van der Waals surface area contributed by atoms with E-state index in [9.17, 15) is 19.8 Å². The zero-order valence-corrected chi connectivity index (χ0v) is 17.7. The van der Waals surface area contributed by atoms with Gasteiger partial charge in [0.15, 0.2) is 22.9 Å². The van der Waals surface area contributed by atoms with Crippen LogP contribution in [0.3, 0.4) is 0 Å². The molecule has 0 fully saturated rings. The zero-order chi connectivity index (χ0) is 23.3. The molecular weight excluding hydrogens is 426 g/mol. The summed E-state index contributed by atoms with van der Waals surface area (Å²) < 4.78 is 16.8. The number of aromatic hydroxyl groups is 1. The van der Waals surface area contributed by atoms with Gasteiger partial charge in [0.05, 0.1) is 18.4 Å². The molecule has 4 aromatic rings. The minimum absolute atomic E-state index is 0.0729. The van der Waals surface area contributed by atoms with Gasteiger partial charge in [-0.2, -0.15) is 0 Å². The fourth-order valence-electron chi connectivity index (χ4n) is 4.06. The standard InChI is InChI=1S/C25H19NO7/c1-13-10-11-17(32-13)21-20(23(29)25(30)26(21)15-7-3-4-8-16(15)27)22(28)19-12-14-6-5-9-18(31-2)24(14)33-19/h3-12,21,27,29H,1-2H3. The van der Waals surface area contributed by atoms with Crippen LogP contribution < -0.4 is 9.64 Å². The van der Waals surface area contributed by atoms with E-state index in [4.69, 9.17) is 13.6 Å². The minimum atomic E-state index is -1.11. The number of carbonyl (C=O) groups is 2. The van der Waals surface area contributed by atoms with Gasteiger partial charge in [-0.1, -0.05) is 24.3 Å². The highest BCUT2D eigenvalue weighted by molar-refractivity contribution is 6.21. The molecular formula is C25H19NO7. The summed E-state index contributed by atoms with van der Waals surface area (Å²) in [6.07, 6.45) is 0. The van der Waals surface area contributed by atoms with Gasteiger partial charge in [-0.25, -0.2) is 0 Å². The maximum Gasteiger partial charge on any atom is 0.294 e. The molecule has 33 heavy (non-hydrogen) atoms. The Morgan fingerprint density at radius 1 is 1.03 bits per heavy atom. The third-order valence-corrected chi connectivity index (χ3v) is 5.58. The van der Waals surface area contributed by atoms with Gasteiger partial charge in [-0.05, 0) is 43.3 Å². The molecule has 8 nitrogen and oxygen atoms in total. The number of fused-ring (bicyclic) bond motifs is 1. The van der Waals surface area contributed by atoms with Gasteiger partial charge >= 0.3 is 0 Å². The monoisotopic (exact) mass is 445 g/mol. The second kappa shape index (κ2) is 7.59. The lowest BCUT2D eigenvalue weighted by molar-refractivity contribution is -0.117. The van der Waals surface area contributed by atoms with E-state index in [0.29, 0.717) is 22.5 Å². The van der Waals surface area contributed by atoms with E-state index in [1.807, 2.05) is 0 Å². The number of phenolic OH excluding ortho intramolecular Hbond substituents is 1. The molecule has 2 aromatic heterocycles. The lowest BCUT2D eigenvalue weighted by Crippen LogP contribution is -2.30. The summed E-state index contributed by atoms with van der Waals surface area (Å²) in [5.41, 5.74) is 0.286. The van der Waals surface area contributed by atoms with Crippen LogP contribution in [0.5, 0.6) is 11.5 Å². The number of ketones is 1. The number of carbonyl (C=O) groups excluding carboxylic acids is 2. The van der Waals surface area contributed by atoms with Gasteiger partial charge < -0.3 is 23.8 Å². The molecule has 0 saturated carbocycles. The van der Waals surface area contributed by atoms with Crippen LogP contribution in [0.1, 0.15) is 28.1 Å². The van der Waals surface area contributed by atoms with Crippen LogP contribution in [0.25, 0.3) is 11.0 Å². The molecule has 1 aliphatic heterocycles. The molecule has 3 heterocycles. The van der Waals surface area contributed by atoms with Gasteiger partial charge in [0.25, 0.3) is 5.91 Å². The number of hydrogen-bond acceptors (Lipinski definition) is 7. The molecule has 2 N–H and O–H groups in total. The lowest BCUT2D eigenvalue weighted by Gasteiger charge is -2.25. The Morgan fingerprint density at radius 2 is 1.82 bits per heavy atom. The molecule has 0 spiro atoms.